The van der Waals surface area contributed by atoms with Gasteiger partial charge < -0.3 is 19.7 Å². The molecular formula is C23H28N4O3. The maximum absolute atomic E-state index is 12.2. The van der Waals surface area contributed by atoms with Gasteiger partial charge in [-0.05, 0) is 50.6 Å². The number of carbonyl (C=O) groups excluding carboxylic acids is 1. The highest BCUT2D eigenvalue weighted by molar-refractivity contribution is 6.00. The summed E-state index contributed by atoms with van der Waals surface area (Å²) in [5.74, 6) is 1.06. The van der Waals surface area contributed by atoms with E-state index in [-0.39, 0.29) is 12.5 Å². The van der Waals surface area contributed by atoms with Crippen molar-refractivity contribution in [2.75, 3.05) is 32.1 Å². The second kappa shape index (κ2) is 9.73. The van der Waals surface area contributed by atoms with Gasteiger partial charge in [-0.15, -0.1) is 0 Å². The number of fused-ring (bicyclic) bond motifs is 1. The third-order valence-corrected chi connectivity index (χ3v) is 5.53. The molecule has 7 heteroatoms. The molecule has 30 heavy (non-hydrogen) atoms. The summed E-state index contributed by atoms with van der Waals surface area (Å²) in [7, 11) is 2.18. The van der Waals surface area contributed by atoms with E-state index in [9.17, 15) is 4.79 Å². The van der Waals surface area contributed by atoms with Crippen molar-refractivity contribution < 1.29 is 14.3 Å². The molecule has 158 valence electrons. The summed E-state index contributed by atoms with van der Waals surface area (Å²) in [5, 5.41) is 10.8. The van der Waals surface area contributed by atoms with E-state index in [1.54, 1.807) is 0 Å². The van der Waals surface area contributed by atoms with E-state index >= 15 is 0 Å². The summed E-state index contributed by atoms with van der Waals surface area (Å²) >= 11 is 0. The highest BCUT2D eigenvalue weighted by atomic mass is 16.5. The van der Waals surface area contributed by atoms with E-state index in [0.29, 0.717) is 25.1 Å². The Morgan fingerprint density at radius 3 is 2.93 bits per heavy atom. The van der Waals surface area contributed by atoms with Gasteiger partial charge in [0, 0.05) is 17.5 Å². The van der Waals surface area contributed by atoms with Crippen molar-refractivity contribution >= 4 is 22.6 Å². The van der Waals surface area contributed by atoms with Gasteiger partial charge in [0.2, 0.25) is 0 Å². The second-order valence-corrected chi connectivity index (χ2v) is 7.72. The van der Waals surface area contributed by atoms with Crippen LogP contribution in [0.3, 0.4) is 0 Å². The van der Waals surface area contributed by atoms with E-state index in [1.807, 2.05) is 48.5 Å². The number of amides is 1. The quantitative estimate of drug-likeness (QED) is 0.566. The number of hydrogen-bond donors (Lipinski definition) is 2. The van der Waals surface area contributed by atoms with Gasteiger partial charge in [-0.3, -0.25) is 9.89 Å². The Balaban J connectivity index is 1.27. The second-order valence-electron chi connectivity index (χ2n) is 7.72. The maximum Gasteiger partial charge on any atom is 0.251 e. The molecule has 1 saturated heterocycles. The summed E-state index contributed by atoms with van der Waals surface area (Å²) in [6.45, 7) is 2.24. The van der Waals surface area contributed by atoms with E-state index in [2.05, 4.69) is 27.5 Å². The fraction of sp³-hybridized carbons (Fsp3) is 0.391. The van der Waals surface area contributed by atoms with Gasteiger partial charge in [-0.1, -0.05) is 30.3 Å². The van der Waals surface area contributed by atoms with Gasteiger partial charge in [0.1, 0.15) is 12.4 Å². The Morgan fingerprint density at radius 1 is 1.27 bits per heavy atom. The average Bonchev–Trinajstić information content (AvgIpc) is 3.35. The molecule has 0 radical (unpaired) electrons. The first-order valence-corrected chi connectivity index (χ1v) is 10.4. The lowest BCUT2D eigenvalue weighted by Crippen LogP contribution is -2.26. The third-order valence-electron chi connectivity index (χ3n) is 5.53. The Morgan fingerprint density at radius 2 is 2.13 bits per heavy atom. The molecule has 1 aromatic heterocycles. The fourth-order valence-corrected chi connectivity index (χ4v) is 3.84. The molecule has 2 heterocycles. The number of hydrogen-bond acceptors (Lipinski definition) is 5. The Labute approximate surface area is 176 Å². The van der Waals surface area contributed by atoms with Crippen LogP contribution in [0.1, 0.15) is 24.8 Å². The van der Waals surface area contributed by atoms with Gasteiger partial charge in [0.25, 0.3) is 5.91 Å². The number of nitrogens with one attached hydrogen (secondary N) is 2. The number of benzene rings is 2. The van der Waals surface area contributed by atoms with Crippen LogP contribution in [0, 0.1) is 0 Å². The number of likely N-dealkylation sites (tertiary alicyclic amines) is 1. The number of ether oxygens (including phenoxy) is 2. The van der Waals surface area contributed by atoms with Crippen molar-refractivity contribution in [3.8, 4) is 5.75 Å². The zero-order chi connectivity index (χ0) is 20.8. The van der Waals surface area contributed by atoms with Crippen LogP contribution in [0.5, 0.6) is 5.75 Å². The van der Waals surface area contributed by atoms with Gasteiger partial charge in [0.15, 0.2) is 5.82 Å². The van der Waals surface area contributed by atoms with Crippen molar-refractivity contribution in [1.82, 2.24) is 15.1 Å². The fourth-order valence-electron chi connectivity index (χ4n) is 3.84. The summed E-state index contributed by atoms with van der Waals surface area (Å²) in [5.41, 5.74) is 1.86. The molecule has 1 atom stereocenters. The van der Waals surface area contributed by atoms with E-state index in [1.165, 1.54) is 19.4 Å². The number of nitrogens with zero attached hydrogens (tertiary/aromatic N) is 2. The van der Waals surface area contributed by atoms with E-state index in [0.717, 1.165) is 28.6 Å². The smallest absolute Gasteiger partial charge is 0.251 e. The van der Waals surface area contributed by atoms with Gasteiger partial charge in [0.05, 0.1) is 18.7 Å². The Kier molecular flexibility index (Phi) is 6.61. The first-order valence-electron chi connectivity index (χ1n) is 10.4. The number of anilines is 1. The van der Waals surface area contributed by atoms with Crippen molar-refractivity contribution in [1.29, 1.82) is 0 Å². The third kappa shape index (κ3) is 5.17. The minimum Gasteiger partial charge on any atom is -0.493 e. The average molecular weight is 409 g/mol. The van der Waals surface area contributed by atoms with Crippen molar-refractivity contribution in [2.24, 2.45) is 0 Å². The van der Waals surface area contributed by atoms with Gasteiger partial charge in [-0.25, -0.2) is 0 Å². The van der Waals surface area contributed by atoms with Crippen LogP contribution >= 0.6 is 0 Å². The topological polar surface area (TPSA) is 79.5 Å². The van der Waals surface area contributed by atoms with Crippen LogP contribution in [-0.2, 0) is 16.1 Å². The number of rotatable bonds is 9. The molecule has 2 N–H and O–H groups in total. The van der Waals surface area contributed by atoms with Gasteiger partial charge in [-0.2, -0.15) is 5.10 Å². The van der Waals surface area contributed by atoms with Crippen LogP contribution in [0.25, 0.3) is 10.9 Å². The molecule has 7 nitrogen and oxygen atoms in total. The van der Waals surface area contributed by atoms with Crippen LogP contribution in [0.15, 0.2) is 48.5 Å². The predicted molar refractivity (Wildman–Crippen MR) is 117 cm³/mol. The monoisotopic (exact) mass is 408 g/mol. The molecular weight excluding hydrogens is 380 g/mol. The van der Waals surface area contributed by atoms with E-state index < -0.39 is 0 Å². The summed E-state index contributed by atoms with van der Waals surface area (Å²) in [6, 6.07) is 16.1. The molecule has 4 rings (SSSR count). The molecule has 0 saturated carbocycles. The molecule has 1 amide bonds. The molecule has 0 bridgehead atoms. The highest BCUT2D eigenvalue weighted by Crippen LogP contribution is 2.25. The largest absolute Gasteiger partial charge is 0.493 e. The minimum atomic E-state index is -0.236. The summed E-state index contributed by atoms with van der Waals surface area (Å²) in [4.78, 5) is 14.6. The summed E-state index contributed by atoms with van der Waals surface area (Å²) in [6.07, 6.45) is 3.55. The minimum absolute atomic E-state index is 0.0277. The molecule has 1 unspecified atom stereocenters. The van der Waals surface area contributed by atoms with Gasteiger partial charge >= 0.3 is 0 Å². The zero-order valence-corrected chi connectivity index (χ0v) is 17.3. The number of aromatic nitrogens is 2. The molecule has 1 aliphatic heterocycles. The van der Waals surface area contributed by atoms with Crippen molar-refractivity contribution in [3.63, 3.8) is 0 Å². The molecule has 1 fully saturated rings. The van der Waals surface area contributed by atoms with Crippen molar-refractivity contribution in [2.45, 2.75) is 31.9 Å². The standard InChI is InChI=1S/C23H28N4O3/c1-27-12-5-8-18(27)11-13-30-19-9-10-20-21(14-19)25-26-23(20)24-22(28)16-29-15-17-6-3-2-4-7-17/h2-4,6-7,9-10,14,18H,5,8,11-13,15-16H2,1H3,(H2,24,25,26,28). The molecule has 2 aromatic carbocycles. The Hall–Kier alpha value is -2.90. The highest BCUT2D eigenvalue weighted by Gasteiger charge is 2.20. The lowest BCUT2D eigenvalue weighted by molar-refractivity contribution is -0.121. The lowest BCUT2D eigenvalue weighted by atomic mass is 10.1. The normalized spacial score (nSPS) is 16.8. The summed E-state index contributed by atoms with van der Waals surface area (Å²) < 4.78 is 11.4. The van der Waals surface area contributed by atoms with Crippen molar-refractivity contribution in [3.05, 3.63) is 54.1 Å². The molecule has 0 spiro atoms. The van der Waals surface area contributed by atoms with Crippen LogP contribution in [-0.4, -0.2) is 53.9 Å². The maximum atomic E-state index is 12.2. The lowest BCUT2D eigenvalue weighted by Gasteiger charge is -2.19. The number of aromatic amines is 1. The molecule has 3 aromatic rings. The van der Waals surface area contributed by atoms with Crippen LogP contribution in [0.2, 0.25) is 0 Å². The number of H-pyrrole nitrogens is 1. The SMILES string of the molecule is CN1CCCC1CCOc1ccc2c(NC(=O)COCc3ccccc3)n[nH]c2c1. The zero-order valence-electron chi connectivity index (χ0n) is 17.3. The Bertz CT molecular complexity index is 973. The predicted octanol–water partition coefficient (Wildman–Crippen LogP) is 3.58. The van der Waals surface area contributed by atoms with E-state index in [4.69, 9.17) is 9.47 Å². The first-order chi connectivity index (χ1) is 14.7. The number of carbonyl (C=O) groups is 1. The molecule has 1 aliphatic rings. The molecule has 0 aliphatic carbocycles. The first kappa shape index (κ1) is 20.4. The van der Waals surface area contributed by atoms with Crippen LogP contribution in [0.4, 0.5) is 5.82 Å². The van der Waals surface area contributed by atoms with Crippen LogP contribution < -0.4 is 10.1 Å².